The fourth-order valence-corrected chi connectivity index (χ4v) is 2.43. The number of thiocarbonyl (C=S) groups is 1. The number of nitrogens with one attached hydrogen (secondary N) is 2. The van der Waals surface area contributed by atoms with Gasteiger partial charge in [-0.3, -0.25) is 10.1 Å². The molecule has 0 bridgehead atoms. The predicted octanol–water partition coefficient (Wildman–Crippen LogP) is 5.36. The van der Waals surface area contributed by atoms with E-state index >= 15 is 0 Å². The van der Waals surface area contributed by atoms with Crippen molar-refractivity contribution in [3.8, 4) is 0 Å². The van der Waals surface area contributed by atoms with Gasteiger partial charge in [-0.1, -0.05) is 34.8 Å². The summed E-state index contributed by atoms with van der Waals surface area (Å²) in [5.41, 5.74) is 0.766. The summed E-state index contributed by atoms with van der Waals surface area (Å²) < 4.78 is 0. The Labute approximate surface area is 146 Å². The van der Waals surface area contributed by atoms with Gasteiger partial charge in [0.1, 0.15) is 0 Å². The molecule has 0 saturated carbocycles. The number of hydrogen-bond acceptors (Lipinski definition) is 3. The topological polar surface area (TPSA) is 67.2 Å². The van der Waals surface area contributed by atoms with E-state index in [0.717, 1.165) is 0 Å². The SMILES string of the molecule is O=[N+]([O-])c1ccc(Cl)c(NC(=S)Nc2ccc(Cl)cc2Cl)c1. The van der Waals surface area contributed by atoms with Gasteiger partial charge < -0.3 is 10.6 Å². The smallest absolute Gasteiger partial charge is 0.271 e. The first kappa shape index (κ1) is 16.8. The molecule has 114 valence electrons. The highest BCUT2D eigenvalue weighted by molar-refractivity contribution is 7.80. The molecule has 0 aliphatic carbocycles. The standard InChI is InChI=1S/C13H8Cl3N3O2S/c14-7-1-4-11(10(16)5-7)17-13(22)18-12-6-8(19(20)21)2-3-9(12)15/h1-6H,(H2,17,18,22). The minimum atomic E-state index is -0.520. The Morgan fingerprint density at radius 1 is 1.00 bits per heavy atom. The highest BCUT2D eigenvalue weighted by Gasteiger charge is 2.11. The predicted molar refractivity (Wildman–Crippen MR) is 94.4 cm³/mol. The van der Waals surface area contributed by atoms with Crippen LogP contribution in [0.15, 0.2) is 36.4 Å². The summed E-state index contributed by atoms with van der Waals surface area (Å²) in [6.07, 6.45) is 0. The highest BCUT2D eigenvalue weighted by atomic mass is 35.5. The van der Waals surface area contributed by atoms with Crippen molar-refractivity contribution < 1.29 is 4.92 Å². The fraction of sp³-hybridized carbons (Fsp3) is 0. The molecule has 2 N–H and O–H groups in total. The molecule has 0 amide bonds. The Balaban J connectivity index is 2.15. The van der Waals surface area contributed by atoms with Crippen LogP contribution < -0.4 is 10.6 Å². The molecule has 0 atom stereocenters. The second kappa shape index (κ2) is 7.11. The van der Waals surface area contributed by atoms with Crippen LogP contribution in [-0.4, -0.2) is 10.0 Å². The van der Waals surface area contributed by atoms with Crippen molar-refractivity contribution in [2.75, 3.05) is 10.6 Å². The molecular weight excluding hydrogens is 369 g/mol. The van der Waals surface area contributed by atoms with Crippen molar-refractivity contribution in [2.45, 2.75) is 0 Å². The van der Waals surface area contributed by atoms with Crippen molar-refractivity contribution in [1.82, 2.24) is 0 Å². The second-order valence-electron chi connectivity index (χ2n) is 4.12. The largest absolute Gasteiger partial charge is 0.331 e. The van der Waals surface area contributed by atoms with Crippen LogP contribution in [0.1, 0.15) is 0 Å². The monoisotopic (exact) mass is 375 g/mol. The van der Waals surface area contributed by atoms with Gasteiger partial charge in [-0.2, -0.15) is 0 Å². The third-order valence-electron chi connectivity index (χ3n) is 2.59. The second-order valence-corrected chi connectivity index (χ2v) is 5.78. The molecule has 0 aromatic heterocycles. The van der Waals surface area contributed by atoms with Crippen molar-refractivity contribution in [3.63, 3.8) is 0 Å². The number of rotatable bonds is 3. The molecule has 0 saturated heterocycles. The summed E-state index contributed by atoms with van der Waals surface area (Å²) in [4.78, 5) is 10.3. The quantitative estimate of drug-likeness (QED) is 0.428. The molecule has 2 aromatic rings. The lowest BCUT2D eigenvalue weighted by atomic mass is 10.3. The average molecular weight is 377 g/mol. The van der Waals surface area contributed by atoms with Crippen molar-refractivity contribution in [2.24, 2.45) is 0 Å². The minimum absolute atomic E-state index is 0.0979. The molecular formula is C13H8Cl3N3O2S. The maximum absolute atomic E-state index is 10.8. The van der Waals surface area contributed by atoms with E-state index in [-0.39, 0.29) is 10.8 Å². The van der Waals surface area contributed by atoms with Gasteiger partial charge in [0.05, 0.1) is 26.3 Å². The van der Waals surface area contributed by atoms with Crippen LogP contribution in [0, 0.1) is 10.1 Å². The Kier molecular flexibility index (Phi) is 5.42. The lowest BCUT2D eigenvalue weighted by Crippen LogP contribution is -2.19. The minimum Gasteiger partial charge on any atom is -0.331 e. The van der Waals surface area contributed by atoms with Crippen LogP contribution in [0.5, 0.6) is 0 Å². The van der Waals surface area contributed by atoms with E-state index in [9.17, 15) is 10.1 Å². The van der Waals surface area contributed by atoms with Gasteiger partial charge in [0.15, 0.2) is 5.11 Å². The number of nitro benzene ring substituents is 1. The molecule has 0 unspecified atom stereocenters. The van der Waals surface area contributed by atoms with Crippen LogP contribution >= 0.6 is 47.0 Å². The van der Waals surface area contributed by atoms with E-state index in [1.165, 1.54) is 18.2 Å². The summed E-state index contributed by atoms with van der Waals surface area (Å²) in [6, 6.07) is 8.89. The van der Waals surface area contributed by atoms with E-state index in [4.69, 9.17) is 47.0 Å². The Bertz CT molecular complexity index is 755. The average Bonchev–Trinajstić information content (AvgIpc) is 2.44. The van der Waals surface area contributed by atoms with Gasteiger partial charge in [-0.05, 0) is 36.5 Å². The number of hydrogen-bond donors (Lipinski definition) is 2. The molecule has 0 fully saturated rings. The van der Waals surface area contributed by atoms with E-state index in [0.29, 0.717) is 26.4 Å². The number of benzene rings is 2. The fourth-order valence-electron chi connectivity index (χ4n) is 1.59. The number of nitrogens with zero attached hydrogens (tertiary/aromatic N) is 1. The molecule has 2 aromatic carbocycles. The normalized spacial score (nSPS) is 10.1. The molecule has 2 rings (SSSR count). The van der Waals surface area contributed by atoms with Crippen molar-refractivity contribution >= 4 is 69.2 Å². The van der Waals surface area contributed by atoms with E-state index in [1.807, 2.05) is 0 Å². The lowest BCUT2D eigenvalue weighted by Gasteiger charge is -2.12. The van der Waals surface area contributed by atoms with Gasteiger partial charge in [-0.25, -0.2) is 0 Å². The Morgan fingerprint density at radius 3 is 2.32 bits per heavy atom. The van der Waals surface area contributed by atoms with Gasteiger partial charge >= 0.3 is 0 Å². The third kappa shape index (κ3) is 4.20. The zero-order valence-electron chi connectivity index (χ0n) is 10.8. The van der Waals surface area contributed by atoms with Gasteiger partial charge in [-0.15, -0.1) is 0 Å². The van der Waals surface area contributed by atoms with Crippen LogP contribution in [0.4, 0.5) is 17.1 Å². The maximum Gasteiger partial charge on any atom is 0.271 e. The lowest BCUT2D eigenvalue weighted by molar-refractivity contribution is -0.384. The summed E-state index contributed by atoms with van der Waals surface area (Å²) >= 11 is 23.0. The number of non-ortho nitro benzene ring substituents is 1. The zero-order valence-corrected chi connectivity index (χ0v) is 13.9. The van der Waals surface area contributed by atoms with E-state index in [2.05, 4.69) is 10.6 Å². The molecule has 0 aliphatic heterocycles. The van der Waals surface area contributed by atoms with Gasteiger partial charge in [0.2, 0.25) is 0 Å². The first-order valence-corrected chi connectivity index (χ1v) is 7.38. The summed E-state index contributed by atoms with van der Waals surface area (Å²) in [6.45, 7) is 0. The molecule has 0 radical (unpaired) electrons. The van der Waals surface area contributed by atoms with Gasteiger partial charge in [0.25, 0.3) is 5.69 Å². The summed E-state index contributed by atoms with van der Waals surface area (Å²) in [5, 5.41) is 17.8. The molecule has 5 nitrogen and oxygen atoms in total. The number of nitro groups is 1. The third-order valence-corrected chi connectivity index (χ3v) is 3.67. The molecule has 22 heavy (non-hydrogen) atoms. The summed E-state index contributed by atoms with van der Waals surface area (Å²) in [7, 11) is 0. The number of anilines is 2. The molecule has 0 aliphatic rings. The van der Waals surface area contributed by atoms with Crippen LogP contribution in [0.3, 0.4) is 0 Å². The Hall–Kier alpha value is -1.60. The van der Waals surface area contributed by atoms with Crippen LogP contribution in [-0.2, 0) is 0 Å². The van der Waals surface area contributed by atoms with Crippen molar-refractivity contribution in [3.05, 3.63) is 61.6 Å². The van der Waals surface area contributed by atoms with E-state index in [1.54, 1.807) is 18.2 Å². The molecule has 0 spiro atoms. The van der Waals surface area contributed by atoms with Crippen molar-refractivity contribution in [1.29, 1.82) is 0 Å². The zero-order chi connectivity index (χ0) is 16.3. The van der Waals surface area contributed by atoms with Crippen LogP contribution in [0.25, 0.3) is 0 Å². The number of halogens is 3. The highest BCUT2D eigenvalue weighted by Crippen LogP contribution is 2.28. The van der Waals surface area contributed by atoms with E-state index < -0.39 is 4.92 Å². The summed E-state index contributed by atoms with van der Waals surface area (Å²) in [5.74, 6) is 0. The molecule has 9 heteroatoms. The first-order chi connectivity index (χ1) is 10.4. The molecule has 0 heterocycles. The maximum atomic E-state index is 10.8. The van der Waals surface area contributed by atoms with Crippen LogP contribution in [0.2, 0.25) is 15.1 Å². The van der Waals surface area contributed by atoms with Gasteiger partial charge in [0, 0.05) is 17.2 Å². The first-order valence-electron chi connectivity index (χ1n) is 5.84. The Morgan fingerprint density at radius 2 is 1.68 bits per heavy atom.